The van der Waals surface area contributed by atoms with E-state index in [0.29, 0.717) is 12.8 Å². The molecule has 0 N–H and O–H groups in total. The zero-order valence-electron chi connectivity index (χ0n) is 10.8. The van der Waals surface area contributed by atoms with Crippen molar-refractivity contribution < 1.29 is 56.1 Å². The number of rotatable bonds is 4. The van der Waals surface area contributed by atoms with Gasteiger partial charge in [-0.25, -0.2) is 0 Å². The molecule has 0 rings (SSSR count). The summed E-state index contributed by atoms with van der Waals surface area (Å²) in [5, 5.41) is 6.88. The molecule has 0 bridgehead atoms. The summed E-state index contributed by atoms with van der Waals surface area (Å²) in [5.74, 6) is 0.00463. The molecule has 0 aromatic carbocycles. The Kier molecular flexibility index (Phi) is 44.9. The molecule has 0 unspecified atom stereocenters. The van der Waals surface area contributed by atoms with Crippen LogP contribution in [0.4, 0.5) is 0 Å². The molecule has 0 aliphatic carbocycles. The number of hydrogen-bond donors (Lipinski definition) is 0. The van der Waals surface area contributed by atoms with E-state index >= 15 is 0 Å². The van der Waals surface area contributed by atoms with Gasteiger partial charge in [0.1, 0.15) is 0 Å². The van der Waals surface area contributed by atoms with Gasteiger partial charge in [-0.15, -0.1) is 14.1 Å². The third-order valence-electron chi connectivity index (χ3n) is 1.43. The van der Waals surface area contributed by atoms with Crippen molar-refractivity contribution >= 4 is 11.8 Å². The maximum atomic E-state index is 10.2. The maximum absolute atomic E-state index is 10.2. The summed E-state index contributed by atoms with van der Waals surface area (Å²) < 4.78 is 0. The molecule has 0 saturated carbocycles. The van der Waals surface area contributed by atoms with Crippen molar-refractivity contribution in [1.29, 1.82) is 0 Å². The van der Waals surface area contributed by atoms with Gasteiger partial charge in [-0.2, -0.15) is 0 Å². The molecule has 17 heavy (non-hydrogen) atoms. The Labute approximate surface area is 132 Å². The van der Waals surface area contributed by atoms with Crippen LogP contribution in [-0.2, 0) is 31.3 Å². The predicted octanol–water partition coefficient (Wildman–Crippen LogP) is -3.36. The molecule has 0 spiro atoms. The third kappa shape index (κ3) is 31.4. The molecule has 0 heterocycles. The van der Waals surface area contributed by atoms with Crippen molar-refractivity contribution in [2.45, 2.75) is 39.5 Å². The molecule has 0 radical (unpaired) electrons. The second-order valence-corrected chi connectivity index (χ2v) is 2.73. The maximum Gasteiger partial charge on any atom is 4.00 e. The van der Waals surface area contributed by atoms with Gasteiger partial charge < -0.3 is 45.0 Å². The third-order valence-corrected chi connectivity index (χ3v) is 1.43. The van der Waals surface area contributed by atoms with Gasteiger partial charge >= 0.3 is 21.7 Å². The predicted molar refractivity (Wildman–Crippen MR) is 58.4 cm³/mol. The first-order chi connectivity index (χ1) is 6.62. The molecule has 0 saturated heterocycles. The zero-order chi connectivity index (χ0) is 11.4. The smallest absolute Gasteiger partial charge is 1.00 e. The average molecular weight is 319 g/mol. The summed E-state index contributed by atoms with van der Waals surface area (Å²) in [6.07, 6.45) is 2.99. The fourth-order valence-corrected chi connectivity index (χ4v) is 0.651. The first kappa shape index (κ1) is 30.3. The van der Waals surface area contributed by atoms with Crippen molar-refractivity contribution in [1.82, 2.24) is 0 Å². The van der Waals surface area contributed by atoms with Crippen molar-refractivity contribution in [3.05, 3.63) is 10.6 Å². The van der Waals surface area contributed by atoms with Gasteiger partial charge in [-0.05, 0) is 12.8 Å². The van der Waals surface area contributed by atoms with E-state index in [9.17, 15) is 9.59 Å². The Morgan fingerprint density at radius 1 is 0.824 bits per heavy atom. The normalized spacial score (nSPS) is 6.82. The number of amides is 2. The molecule has 7 heteroatoms. The van der Waals surface area contributed by atoms with E-state index in [1.807, 2.05) is 13.8 Å². The van der Waals surface area contributed by atoms with Crippen LogP contribution >= 0.6 is 0 Å². The van der Waals surface area contributed by atoms with Gasteiger partial charge in [0.2, 0.25) is 0 Å². The average Bonchev–Trinajstić information content (AvgIpc) is 2.19. The van der Waals surface area contributed by atoms with Crippen LogP contribution in [0.3, 0.4) is 0 Å². The molecule has 0 aliphatic rings. The number of hydrogen-bond acceptors (Lipinski definition) is 2. The summed E-state index contributed by atoms with van der Waals surface area (Å²) in [5.41, 5.74) is 0. The standard InChI is InChI=1S/2C5H11NO.2ClH.Ti/c2*1-3-4-5(7)6-2;;;/h2*3-4H2,1-2H3,(H,6,7);2*1H;/q;;;;+4/p-4. The second-order valence-electron chi connectivity index (χ2n) is 2.73. The second kappa shape index (κ2) is 25.2. The van der Waals surface area contributed by atoms with E-state index < -0.39 is 0 Å². The van der Waals surface area contributed by atoms with Crippen molar-refractivity contribution in [2.24, 2.45) is 0 Å². The first-order valence-electron chi connectivity index (χ1n) is 4.87. The molecule has 0 aromatic heterocycles. The zero-order valence-corrected chi connectivity index (χ0v) is 13.9. The van der Waals surface area contributed by atoms with Gasteiger partial charge in [0, 0.05) is 0 Å². The van der Waals surface area contributed by atoms with Gasteiger partial charge in [-0.3, -0.25) is 0 Å². The van der Waals surface area contributed by atoms with E-state index in [1.54, 1.807) is 0 Å². The molecule has 0 aromatic rings. The van der Waals surface area contributed by atoms with E-state index in [2.05, 4.69) is 10.6 Å². The molecule has 0 fully saturated rings. The quantitative estimate of drug-likeness (QED) is 0.508. The molecule has 2 amide bonds. The van der Waals surface area contributed by atoms with Gasteiger partial charge in [0.05, 0.1) is 11.8 Å². The van der Waals surface area contributed by atoms with E-state index in [4.69, 9.17) is 0 Å². The van der Waals surface area contributed by atoms with Gasteiger partial charge in [0.15, 0.2) is 0 Å². The fourth-order valence-electron chi connectivity index (χ4n) is 0.651. The Morgan fingerprint density at radius 3 is 1.12 bits per heavy atom. The van der Waals surface area contributed by atoms with Crippen LogP contribution in [0.1, 0.15) is 39.5 Å². The van der Waals surface area contributed by atoms with Crippen molar-refractivity contribution in [3.8, 4) is 0 Å². The Hall–Kier alpha value is 0.234. The minimum atomic E-state index is 0. The van der Waals surface area contributed by atoms with E-state index in [1.165, 1.54) is 14.1 Å². The molecular weight excluding hydrogens is 299 g/mol. The van der Waals surface area contributed by atoms with Crippen LogP contribution in [0.15, 0.2) is 0 Å². The molecule has 100 valence electrons. The largest absolute Gasteiger partial charge is 4.00 e. The Bertz CT molecular complexity index is 154. The van der Waals surface area contributed by atoms with Gasteiger partial charge in [-0.1, -0.05) is 26.7 Å². The number of carbonyl (C=O) groups excluding carboxylic acids is 2. The Morgan fingerprint density at radius 2 is 1.06 bits per heavy atom. The van der Waals surface area contributed by atoms with Gasteiger partial charge in [0.25, 0.3) is 0 Å². The molecule has 4 nitrogen and oxygen atoms in total. The summed E-state index contributed by atoms with van der Waals surface area (Å²) in [7, 11) is 3.05. The number of nitrogens with zero attached hydrogens (tertiary/aromatic N) is 2. The molecular formula is C10H20Cl2N2O2Ti. The van der Waals surface area contributed by atoms with E-state index in [-0.39, 0.29) is 58.3 Å². The van der Waals surface area contributed by atoms with E-state index in [0.717, 1.165) is 12.8 Å². The minimum Gasteiger partial charge on any atom is -1.00 e. The van der Waals surface area contributed by atoms with Crippen molar-refractivity contribution in [2.75, 3.05) is 14.1 Å². The van der Waals surface area contributed by atoms with Crippen LogP contribution in [0.25, 0.3) is 10.6 Å². The van der Waals surface area contributed by atoms with Crippen LogP contribution in [0, 0.1) is 0 Å². The summed E-state index contributed by atoms with van der Waals surface area (Å²) in [6.45, 7) is 3.92. The monoisotopic (exact) mass is 318 g/mol. The first-order valence-corrected chi connectivity index (χ1v) is 4.87. The summed E-state index contributed by atoms with van der Waals surface area (Å²) in [4.78, 5) is 20.5. The summed E-state index contributed by atoms with van der Waals surface area (Å²) >= 11 is 0. The van der Waals surface area contributed by atoms with Crippen LogP contribution < -0.4 is 24.8 Å². The van der Waals surface area contributed by atoms with Crippen molar-refractivity contribution in [3.63, 3.8) is 0 Å². The summed E-state index contributed by atoms with van der Waals surface area (Å²) in [6, 6.07) is 0. The number of carbonyl (C=O) groups is 2. The molecule has 0 atom stereocenters. The Balaban J connectivity index is -0.0000000480. The van der Waals surface area contributed by atoms with Crippen LogP contribution in [-0.4, -0.2) is 25.9 Å². The topological polar surface area (TPSA) is 62.3 Å². The fraction of sp³-hybridized carbons (Fsp3) is 0.800. The minimum absolute atomic E-state index is 0. The molecule has 0 aliphatic heterocycles. The van der Waals surface area contributed by atoms with Crippen LogP contribution in [0.2, 0.25) is 0 Å². The number of halogens is 2. The van der Waals surface area contributed by atoms with Crippen LogP contribution in [0.5, 0.6) is 0 Å². The SMILES string of the molecule is CCCC(=O)[N-]C.CCCC(=O)[N-]C.[Cl-].[Cl-].[Ti+4].